The lowest BCUT2D eigenvalue weighted by Crippen LogP contribution is -2.44. The predicted octanol–water partition coefficient (Wildman–Crippen LogP) is 1.94. The van der Waals surface area contributed by atoms with Crippen molar-refractivity contribution in [1.82, 2.24) is 20.0 Å². The van der Waals surface area contributed by atoms with Gasteiger partial charge in [0.15, 0.2) is 0 Å². The Kier molecular flexibility index (Phi) is 4.99. The van der Waals surface area contributed by atoms with Crippen LogP contribution in [0.3, 0.4) is 0 Å². The molecule has 4 heteroatoms. The van der Waals surface area contributed by atoms with Gasteiger partial charge in [-0.15, -0.1) is 0 Å². The van der Waals surface area contributed by atoms with Gasteiger partial charge in [0.1, 0.15) is 0 Å². The highest BCUT2D eigenvalue weighted by Crippen LogP contribution is 2.14. The van der Waals surface area contributed by atoms with E-state index in [9.17, 15) is 0 Å². The molecular weight excluding hydrogens is 236 g/mol. The topological polar surface area (TPSA) is 33.1 Å². The Morgan fingerprint density at radius 1 is 1.37 bits per heavy atom. The van der Waals surface area contributed by atoms with Crippen molar-refractivity contribution in [2.24, 2.45) is 7.05 Å². The quantitative estimate of drug-likeness (QED) is 0.882. The van der Waals surface area contributed by atoms with Gasteiger partial charge in [0.05, 0.1) is 5.69 Å². The molecule has 0 amide bonds. The summed E-state index contributed by atoms with van der Waals surface area (Å²) in [4.78, 5) is 2.57. The highest BCUT2D eigenvalue weighted by atomic mass is 15.3. The minimum absolute atomic E-state index is 0.667. The van der Waals surface area contributed by atoms with Crippen LogP contribution in [-0.2, 0) is 20.0 Å². The Morgan fingerprint density at radius 2 is 2.05 bits per heavy atom. The largest absolute Gasteiger partial charge is 0.310 e. The number of nitrogens with one attached hydrogen (secondary N) is 1. The summed E-state index contributed by atoms with van der Waals surface area (Å²) in [6.07, 6.45) is 5.69. The fourth-order valence-corrected chi connectivity index (χ4v) is 2.90. The normalized spacial score (nSPS) is 18.4. The molecule has 1 aromatic heterocycles. The molecule has 0 radical (unpaired) electrons. The van der Waals surface area contributed by atoms with Crippen molar-refractivity contribution < 1.29 is 0 Å². The van der Waals surface area contributed by atoms with Gasteiger partial charge in [0.25, 0.3) is 0 Å². The van der Waals surface area contributed by atoms with E-state index in [2.05, 4.69) is 42.3 Å². The number of piperidine rings is 1. The summed E-state index contributed by atoms with van der Waals surface area (Å²) in [6, 6.07) is 1.35. The molecule has 0 atom stereocenters. The number of aromatic nitrogens is 2. The van der Waals surface area contributed by atoms with Crippen molar-refractivity contribution in [3.63, 3.8) is 0 Å². The summed E-state index contributed by atoms with van der Waals surface area (Å²) in [6.45, 7) is 10.2. The van der Waals surface area contributed by atoms with Crippen molar-refractivity contribution >= 4 is 0 Å². The van der Waals surface area contributed by atoms with Gasteiger partial charge in [0, 0.05) is 37.4 Å². The molecule has 1 aliphatic rings. The number of likely N-dealkylation sites (tertiary alicyclic amines) is 1. The van der Waals surface area contributed by atoms with E-state index in [1.54, 1.807) is 0 Å². The molecule has 1 fully saturated rings. The second-order valence-electron chi connectivity index (χ2n) is 5.91. The van der Waals surface area contributed by atoms with E-state index in [1.807, 2.05) is 11.7 Å². The average Bonchev–Trinajstić information content (AvgIpc) is 2.77. The lowest BCUT2D eigenvalue weighted by molar-refractivity contribution is 0.161. The van der Waals surface area contributed by atoms with Crippen molar-refractivity contribution in [2.75, 3.05) is 13.1 Å². The third-order valence-corrected chi connectivity index (χ3v) is 4.17. The second kappa shape index (κ2) is 6.53. The molecule has 2 heterocycles. The lowest BCUT2D eigenvalue weighted by atomic mass is 10.0. The summed E-state index contributed by atoms with van der Waals surface area (Å²) in [7, 11) is 2.00. The second-order valence-corrected chi connectivity index (χ2v) is 5.91. The van der Waals surface area contributed by atoms with E-state index in [1.165, 1.54) is 37.2 Å². The molecule has 0 unspecified atom stereocenters. The van der Waals surface area contributed by atoms with Crippen LogP contribution in [0.1, 0.15) is 44.9 Å². The van der Waals surface area contributed by atoms with Crippen LogP contribution in [0.15, 0.2) is 6.20 Å². The summed E-state index contributed by atoms with van der Waals surface area (Å²) >= 11 is 0. The first-order valence-electron chi connectivity index (χ1n) is 7.59. The summed E-state index contributed by atoms with van der Waals surface area (Å²) in [5.41, 5.74) is 2.59. The van der Waals surface area contributed by atoms with Crippen molar-refractivity contribution in [1.29, 1.82) is 0 Å². The molecule has 0 bridgehead atoms. The number of aryl methyl sites for hydroxylation is 2. The number of hydrogen-bond donors (Lipinski definition) is 1. The van der Waals surface area contributed by atoms with E-state index < -0.39 is 0 Å². The van der Waals surface area contributed by atoms with Crippen LogP contribution >= 0.6 is 0 Å². The molecule has 0 spiro atoms. The minimum Gasteiger partial charge on any atom is -0.310 e. The third-order valence-electron chi connectivity index (χ3n) is 4.17. The van der Waals surface area contributed by atoms with Gasteiger partial charge in [-0.1, -0.05) is 6.92 Å². The summed E-state index contributed by atoms with van der Waals surface area (Å²) < 4.78 is 1.93. The fourth-order valence-electron chi connectivity index (χ4n) is 2.90. The average molecular weight is 264 g/mol. The molecule has 1 aromatic rings. The molecule has 19 heavy (non-hydrogen) atoms. The van der Waals surface area contributed by atoms with Gasteiger partial charge in [0.2, 0.25) is 0 Å². The maximum Gasteiger partial charge on any atom is 0.0666 e. The Balaban J connectivity index is 1.80. The van der Waals surface area contributed by atoms with Crippen LogP contribution in [0.25, 0.3) is 0 Å². The van der Waals surface area contributed by atoms with Crippen LogP contribution in [0, 0.1) is 0 Å². The smallest absolute Gasteiger partial charge is 0.0666 e. The van der Waals surface area contributed by atoms with E-state index >= 15 is 0 Å². The zero-order valence-electron chi connectivity index (χ0n) is 12.8. The highest BCUT2D eigenvalue weighted by Gasteiger charge is 2.20. The van der Waals surface area contributed by atoms with Crippen LogP contribution in [0.2, 0.25) is 0 Å². The van der Waals surface area contributed by atoms with Crippen molar-refractivity contribution in [2.45, 2.75) is 58.7 Å². The van der Waals surface area contributed by atoms with Crippen LogP contribution < -0.4 is 5.32 Å². The maximum absolute atomic E-state index is 4.50. The zero-order chi connectivity index (χ0) is 13.8. The van der Waals surface area contributed by atoms with Crippen molar-refractivity contribution in [3.8, 4) is 0 Å². The standard InChI is InChI=1S/C15H28N4/c1-5-15-13(11-18(4)17-15)10-16-14-6-8-19(9-7-14)12(2)3/h11-12,14,16H,5-10H2,1-4H3. The van der Waals surface area contributed by atoms with E-state index in [4.69, 9.17) is 0 Å². The van der Waals surface area contributed by atoms with E-state index in [-0.39, 0.29) is 0 Å². The Hall–Kier alpha value is -0.870. The van der Waals surface area contributed by atoms with E-state index in [0.717, 1.165) is 13.0 Å². The molecular formula is C15H28N4. The Labute approximate surface area is 117 Å². The summed E-state index contributed by atoms with van der Waals surface area (Å²) in [5.74, 6) is 0. The molecule has 0 aliphatic carbocycles. The number of nitrogens with zero attached hydrogens (tertiary/aromatic N) is 3. The molecule has 1 N–H and O–H groups in total. The fraction of sp³-hybridized carbons (Fsp3) is 0.800. The first kappa shape index (κ1) is 14.5. The third kappa shape index (κ3) is 3.80. The number of hydrogen-bond acceptors (Lipinski definition) is 3. The minimum atomic E-state index is 0.667. The van der Waals surface area contributed by atoms with Crippen LogP contribution in [0.5, 0.6) is 0 Å². The Morgan fingerprint density at radius 3 is 2.63 bits per heavy atom. The SMILES string of the molecule is CCc1nn(C)cc1CNC1CCN(C(C)C)CC1. The molecule has 4 nitrogen and oxygen atoms in total. The molecule has 2 rings (SSSR count). The highest BCUT2D eigenvalue weighted by molar-refractivity contribution is 5.16. The maximum atomic E-state index is 4.50. The van der Waals surface area contributed by atoms with Crippen LogP contribution in [-0.4, -0.2) is 39.9 Å². The molecule has 1 aliphatic heterocycles. The van der Waals surface area contributed by atoms with E-state index in [0.29, 0.717) is 12.1 Å². The first-order chi connectivity index (χ1) is 9.10. The van der Waals surface area contributed by atoms with Gasteiger partial charge in [-0.2, -0.15) is 5.10 Å². The van der Waals surface area contributed by atoms with Gasteiger partial charge >= 0.3 is 0 Å². The molecule has 1 saturated heterocycles. The van der Waals surface area contributed by atoms with Gasteiger partial charge in [-0.25, -0.2) is 0 Å². The van der Waals surface area contributed by atoms with Gasteiger partial charge in [-0.05, 0) is 46.2 Å². The number of rotatable bonds is 5. The van der Waals surface area contributed by atoms with Gasteiger partial charge < -0.3 is 10.2 Å². The van der Waals surface area contributed by atoms with Crippen LogP contribution in [0.4, 0.5) is 0 Å². The van der Waals surface area contributed by atoms with Crippen molar-refractivity contribution in [3.05, 3.63) is 17.5 Å². The van der Waals surface area contributed by atoms with Gasteiger partial charge in [-0.3, -0.25) is 4.68 Å². The monoisotopic (exact) mass is 264 g/mol. The molecule has 0 aromatic carbocycles. The predicted molar refractivity (Wildman–Crippen MR) is 79.2 cm³/mol. The first-order valence-corrected chi connectivity index (χ1v) is 7.59. The molecule has 0 saturated carbocycles. The Bertz CT molecular complexity index is 389. The molecule has 108 valence electrons. The zero-order valence-corrected chi connectivity index (χ0v) is 12.8. The lowest BCUT2D eigenvalue weighted by Gasteiger charge is -2.35. The summed E-state index contributed by atoms with van der Waals surface area (Å²) in [5, 5.41) is 8.20.